The molecule has 0 spiro atoms. The maximum atomic E-state index is 5.38. The minimum absolute atomic E-state index is 0.892. The van der Waals surface area contributed by atoms with Crippen LogP contribution in [0.25, 0.3) is 0 Å². The second-order valence-corrected chi connectivity index (χ2v) is 6.01. The summed E-state index contributed by atoms with van der Waals surface area (Å²) in [7, 11) is 0. The third-order valence-electron chi connectivity index (χ3n) is 3.11. The van der Waals surface area contributed by atoms with Crippen molar-refractivity contribution >= 4 is 11.3 Å². The largest absolute Gasteiger partial charge is 0.468 e. The fourth-order valence-corrected chi connectivity index (χ4v) is 2.86. The predicted octanol–water partition coefficient (Wildman–Crippen LogP) is 3.26. The Balaban J connectivity index is 1.66. The molecule has 19 heavy (non-hydrogen) atoms. The maximum absolute atomic E-state index is 5.38. The summed E-state index contributed by atoms with van der Waals surface area (Å²) in [4.78, 5) is 5.17. The zero-order valence-electron chi connectivity index (χ0n) is 11.7. The highest BCUT2D eigenvalue weighted by molar-refractivity contribution is 7.11. The summed E-state index contributed by atoms with van der Waals surface area (Å²) in [6.07, 6.45) is 1.74. The molecule has 3 nitrogen and oxygen atoms in total. The summed E-state index contributed by atoms with van der Waals surface area (Å²) in [5.41, 5.74) is 0. The molecule has 0 amide bonds. The molecule has 0 radical (unpaired) electrons. The molecule has 2 heterocycles. The molecule has 2 aromatic heterocycles. The highest BCUT2D eigenvalue weighted by Crippen LogP contribution is 2.14. The van der Waals surface area contributed by atoms with Crippen LogP contribution in [-0.2, 0) is 13.1 Å². The van der Waals surface area contributed by atoms with Crippen molar-refractivity contribution in [1.82, 2.24) is 10.2 Å². The molecule has 1 N–H and O–H groups in total. The average molecular weight is 278 g/mol. The van der Waals surface area contributed by atoms with E-state index >= 15 is 0 Å². The third kappa shape index (κ3) is 4.82. The van der Waals surface area contributed by atoms with Crippen LogP contribution in [0.15, 0.2) is 34.9 Å². The zero-order chi connectivity index (χ0) is 13.5. The van der Waals surface area contributed by atoms with Gasteiger partial charge in [-0.2, -0.15) is 0 Å². The van der Waals surface area contributed by atoms with Gasteiger partial charge in [-0.3, -0.25) is 4.90 Å². The van der Waals surface area contributed by atoms with E-state index in [-0.39, 0.29) is 0 Å². The van der Waals surface area contributed by atoms with Gasteiger partial charge in [0.15, 0.2) is 0 Å². The molecule has 0 saturated heterocycles. The number of aryl methyl sites for hydroxylation is 1. The normalized spacial score (nSPS) is 11.3. The summed E-state index contributed by atoms with van der Waals surface area (Å²) in [5.74, 6) is 1.04. The highest BCUT2D eigenvalue weighted by Gasteiger charge is 2.05. The minimum Gasteiger partial charge on any atom is -0.468 e. The first-order chi connectivity index (χ1) is 9.28. The van der Waals surface area contributed by atoms with Gasteiger partial charge in [-0.1, -0.05) is 6.92 Å². The highest BCUT2D eigenvalue weighted by atomic mass is 32.1. The van der Waals surface area contributed by atoms with Gasteiger partial charge in [0.1, 0.15) is 5.76 Å². The van der Waals surface area contributed by atoms with E-state index < -0.39 is 0 Å². The van der Waals surface area contributed by atoms with Gasteiger partial charge in [0.25, 0.3) is 0 Å². The van der Waals surface area contributed by atoms with Gasteiger partial charge < -0.3 is 9.73 Å². The van der Waals surface area contributed by atoms with Gasteiger partial charge in [0, 0.05) is 29.4 Å². The van der Waals surface area contributed by atoms with Crippen molar-refractivity contribution in [2.75, 3.05) is 19.6 Å². The van der Waals surface area contributed by atoms with Crippen molar-refractivity contribution < 1.29 is 4.42 Å². The summed E-state index contributed by atoms with van der Waals surface area (Å²) in [6.45, 7) is 9.29. The summed E-state index contributed by atoms with van der Waals surface area (Å²) >= 11 is 1.87. The molecule has 0 fully saturated rings. The van der Waals surface area contributed by atoms with Crippen LogP contribution in [0.1, 0.15) is 22.4 Å². The van der Waals surface area contributed by atoms with Gasteiger partial charge in [-0.05, 0) is 37.7 Å². The molecule has 0 aliphatic heterocycles. The molecule has 104 valence electrons. The fourth-order valence-electron chi connectivity index (χ4n) is 2.00. The average Bonchev–Trinajstić information content (AvgIpc) is 3.05. The molecule has 0 atom stereocenters. The Bertz CT molecular complexity index is 464. The Morgan fingerprint density at radius 3 is 2.84 bits per heavy atom. The van der Waals surface area contributed by atoms with Crippen LogP contribution in [-0.4, -0.2) is 24.5 Å². The summed E-state index contributed by atoms with van der Waals surface area (Å²) in [6, 6.07) is 8.36. The number of rotatable bonds is 8. The molecule has 4 heteroatoms. The molecule has 0 aliphatic rings. The Morgan fingerprint density at radius 2 is 2.21 bits per heavy atom. The first kappa shape index (κ1) is 14.3. The van der Waals surface area contributed by atoms with Crippen molar-refractivity contribution in [2.24, 2.45) is 0 Å². The lowest BCUT2D eigenvalue weighted by atomic mass is 10.3. The second kappa shape index (κ2) is 7.48. The van der Waals surface area contributed by atoms with E-state index in [1.54, 1.807) is 6.26 Å². The fraction of sp³-hybridized carbons (Fsp3) is 0.467. The number of furan rings is 1. The first-order valence-electron chi connectivity index (χ1n) is 6.78. The van der Waals surface area contributed by atoms with Crippen molar-refractivity contribution in [2.45, 2.75) is 26.9 Å². The molecule has 0 bridgehead atoms. The van der Waals surface area contributed by atoms with Crippen molar-refractivity contribution in [3.8, 4) is 0 Å². The Hall–Kier alpha value is -1.10. The molecular formula is C15H22N2OS. The van der Waals surface area contributed by atoms with E-state index in [0.717, 1.165) is 38.5 Å². The van der Waals surface area contributed by atoms with Crippen molar-refractivity contribution in [1.29, 1.82) is 0 Å². The van der Waals surface area contributed by atoms with Crippen LogP contribution < -0.4 is 5.32 Å². The lowest BCUT2D eigenvalue weighted by molar-refractivity contribution is 0.255. The Labute approximate surface area is 119 Å². The summed E-state index contributed by atoms with van der Waals surface area (Å²) in [5, 5.41) is 3.50. The first-order valence-corrected chi connectivity index (χ1v) is 7.60. The molecule has 0 aromatic carbocycles. The lowest BCUT2D eigenvalue weighted by Crippen LogP contribution is -2.31. The standard InChI is InChI=1S/C15H22N2OS/c1-3-17(12-14-5-4-10-18-14)9-8-16-11-15-7-6-13(2)19-15/h4-7,10,16H,3,8-9,11-12H2,1-2H3. The topological polar surface area (TPSA) is 28.4 Å². The van der Waals surface area contributed by atoms with Crippen molar-refractivity contribution in [3.63, 3.8) is 0 Å². The quantitative estimate of drug-likeness (QED) is 0.751. The van der Waals surface area contributed by atoms with E-state index in [4.69, 9.17) is 4.42 Å². The minimum atomic E-state index is 0.892. The van der Waals surface area contributed by atoms with Crippen LogP contribution in [0, 0.1) is 6.92 Å². The van der Waals surface area contributed by atoms with E-state index in [9.17, 15) is 0 Å². The number of thiophene rings is 1. The van der Waals surface area contributed by atoms with Gasteiger partial charge in [-0.15, -0.1) is 11.3 Å². The van der Waals surface area contributed by atoms with E-state index in [0.29, 0.717) is 0 Å². The molecule has 2 aromatic rings. The number of nitrogens with zero attached hydrogens (tertiary/aromatic N) is 1. The van der Waals surface area contributed by atoms with Gasteiger partial charge in [-0.25, -0.2) is 0 Å². The third-order valence-corrected chi connectivity index (χ3v) is 4.11. The van der Waals surface area contributed by atoms with Crippen LogP contribution in [0.5, 0.6) is 0 Å². The second-order valence-electron chi connectivity index (χ2n) is 4.64. The molecular weight excluding hydrogens is 256 g/mol. The smallest absolute Gasteiger partial charge is 0.117 e. The van der Waals surface area contributed by atoms with Crippen LogP contribution in [0.3, 0.4) is 0 Å². The number of likely N-dealkylation sites (N-methyl/N-ethyl adjacent to an activating group) is 1. The number of nitrogens with one attached hydrogen (secondary N) is 1. The SMILES string of the molecule is CCN(CCNCc1ccc(C)s1)Cc1ccco1. The van der Waals surface area contributed by atoms with Crippen molar-refractivity contribution in [3.05, 3.63) is 46.0 Å². The lowest BCUT2D eigenvalue weighted by Gasteiger charge is -2.19. The Kier molecular flexibility index (Phi) is 5.63. The van der Waals surface area contributed by atoms with E-state index in [1.807, 2.05) is 23.5 Å². The van der Waals surface area contributed by atoms with E-state index in [2.05, 4.69) is 36.2 Å². The molecule has 0 saturated carbocycles. The zero-order valence-corrected chi connectivity index (χ0v) is 12.5. The van der Waals surface area contributed by atoms with Crippen LogP contribution in [0.4, 0.5) is 0 Å². The maximum Gasteiger partial charge on any atom is 0.117 e. The Morgan fingerprint density at radius 1 is 1.32 bits per heavy atom. The van der Waals surface area contributed by atoms with Gasteiger partial charge >= 0.3 is 0 Å². The van der Waals surface area contributed by atoms with Crippen LogP contribution in [0.2, 0.25) is 0 Å². The number of hydrogen-bond acceptors (Lipinski definition) is 4. The summed E-state index contributed by atoms with van der Waals surface area (Å²) < 4.78 is 5.38. The van der Waals surface area contributed by atoms with E-state index in [1.165, 1.54) is 9.75 Å². The van der Waals surface area contributed by atoms with Gasteiger partial charge in [0.05, 0.1) is 12.8 Å². The van der Waals surface area contributed by atoms with Gasteiger partial charge in [0.2, 0.25) is 0 Å². The molecule has 0 aliphatic carbocycles. The monoisotopic (exact) mass is 278 g/mol. The molecule has 0 unspecified atom stereocenters. The number of hydrogen-bond donors (Lipinski definition) is 1. The predicted molar refractivity (Wildman–Crippen MR) is 80.4 cm³/mol. The molecule has 2 rings (SSSR count). The van der Waals surface area contributed by atoms with Crippen LogP contribution >= 0.6 is 11.3 Å².